The van der Waals surface area contributed by atoms with Crippen molar-refractivity contribution in [2.45, 2.75) is 38.9 Å². The number of carbonyl (C=O) groups is 2. The molecular weight excluding hydrogens is 1420 g/mol. The van der Waals surface area contributed by atoms with Crippen molar-refractivity contribution in [1.29, 1.82) is 21.0 Å². The molecule has 10 nitrogen and oxygen atoms in total. The molecule has 0 unspecified atom stereocenters. The highest BCUT2D eigenvalue weighted by molar-refractivity contribution is 7.38. The Morgan fingerprint density at radius 1 is 0.392 bits per heavy atom. The molecule has 102 heavy (non-hydrogen) atoms. The van der Waals surface area contributed by atoms with Crippen molar-refractivity contribution in [1.82, 2.24) is 0 Å². The van der Waals surface area contributed by atoms with Crippen molar-refractivity contribution in [3.8, 4) is 86.3 Å². The van der Waals surface area contributed by atoms with Gasteiger partial charge >= 0.3 is 0 Å². The summed E-state index contributed by atoms with van der Waals surface area (Å²) in [7, 11) is 3.30. The van der Waals surface area contributed by atoms with E-state index < -0.39 is 11.2 Å². The van der Waals surface area contributed by atoms with Gasteiger partial charge in [0.15, 0.2) is 34.3 Å². The first-order valence-corrected chi connectivity index (χ1v) is 38.8. The number of allylic oxidation sites excluding steroid dienone is 6. The molecule has 0 amide bonds. The van der Waals surface area contributed by atoms with Gasteiger partial charge in [-0.1, -0.05) is 168 Å². The van der Waals surface area contributed by atoms with E-state index in [0.29, 0.717) is 56.0 Å². The average Bonchev–Trinajstić information content (AvgIpc) is 1.50. The molecule has 14 aromatic rings. The number of nitriles is 4. The lowest BCUT2D eigenvalue weighted by molar-refractivity contribution is 0.103. The topological polar surface area (TPSA) is 166 Å². The first kappa shape index (κ1) is 63.3. The third kappa shape index (κ3) is 9.29. The number of ketones is 2. The van der Waals surface area contributed by atoms with Crippen LogP contribution in [0.15, 0.2) is 192 Å². The minimum atomic E-state index is -1.16. The number of fused-ring (bicyclic) bond motifs is 15. The molecule has 4 aliphatic rings. The smallest absolute Gasteiger partial charge is 0.194 e. The predicted molar refractivity (Wildman–Crippen MR) is 416 cm³/mol. The average molecular weight is 1470 g/mol. The lowest BCUT2D eigenvalue weighted by Crippen LogP contribution is -2.38. The second-order valence-corrected chi connectivity index (χ2v) is 33.8. The molecule has 0 atom stereocenters. The molecular formula is C84H48N4O6S8. The predicted octanol–water partition coefficient (Wildman–Crippen LogP) is 23.1. The first-order chi connectivity index (χ1) is 49.7. The van der Waals surface area contributed by atoms with Crippen LogP contribution in [0.1, 0.15) is 97.2 Å². The Bertz CT molecular complexity index is 5850. The SMILES string of the molecule is COc1cc(/C=C2\C(=O)c3ccccc3C2=C(C#N)C#N)sc1-c1cc2sc3c(c2s1)C(c1ccc(C)cc1)(c1ccc(C)cc1)Oc1c-3sc2c3c(sc12)-c1sc2cc(-c4sc(/C=C5\C(=O)c6ccccc6C5=C(C#N)C#N)cc4OC)sc2c1C(c1ccc(C)cc1)(c1ccc(C)cc1)O3. The number of hydrogen-bond donors (Lipinski definition) is 0. The summed E-state index contributed by atoms with van der Waals surface area (Å²) in [6.45, 7) is 8.42. The van der Waals surface area contributed by atoms with Crippen LogP contribution in [0.3, 0.4) is 0 Å². The molecule has 0 bridgehead atoms. The van der Waals surface area contributed by atoms with Gasteiger partial charge in [-0.05, 0) is 75.2 Å². The highest BCUT2D eigenvalue weighted by atomic mass is 32.1. The lowest BCUT2D eigenvalue weighted by Gasteiger charge is -2.39. The molecule has 0 spiro atoms. The fourth-order valence-corrected chi connectivity index (χ4v) is 25.3. The largest absolute Gasteiger partial charge is 0.495 e. The third-order valence-electron chi connectivity index (χ3n) is 19.4. The molecule has 0 radical (unpaired) electrons. The highest BCUT2D eigenvalue weighted by Crippen LogP contribution is 2.69. The number of hydrogen-bond acceptors (Lipinski definition) is 18. The molecule has 10 heterocycles. The second kappa shape index (κ2) is 23.9. The monoisotopic (exact) mass is 1460 g/mol. The van der Waals surface area contributed by atoms with Crippen molar-refractivity contribution in [2.24, 2.45) is 0 Å². The van der Waals surface area contributed by atoms with Crippen LogP contribution in [0.2, 0.25) is 0 Å². The Labute approximate surface area is 617 Å². The maximum Gasteiger partial charge on any atom is 0.194 e. The summed E-state index contributed by atoms with van der Waals surface area (Å²) in [6.07, 6.45) is 3.57. The second-order valence-electron chi connectivity index (χ2n) is 25.3. The van der Waals surface area contributed by atoms with Gasteiger partial charge < -0.3 is 18.9 Å². The van der Waals surface area contributed by atoms with Crippen LogP contribution >= 0.6 is 90.7 Å². The molecule has 6 aromatic carbocycles. The number of Topliss-reactive ketones (excluding diaryl/α,β-unsaturated/α-hetero) is 2. The molecule has 488 valence electrons. The minimum absolute atomic E-state index is 0.120. The van der Waals surface area contributed by atoms with E-state index >= 15 is 0 Å². The third-order valence-corrected chi connectivity index (χ3v) is 29.5. The van der Waals surface area contributed by atoms with E-state index in [4.69, 9.17) is 18.9 Å². The van der Waals surface area contributed by atoms with Crippen LogP contribution in [-0.4, -0.2) is 25.8 Å². The van der Waals surface area contributed by atoms with Crippen LogP contribution in [0.5, 0.6) is 23.0 Å². The fraction of sp³-hybridized carbons (Fsp3) is 0.0952. The summed E-state index contributed by atoms with van der Waals surface area (Å²) in [5, 5.41) is 40.6. The summed E-state index contributed by atoms with van der Waals surface area (Å²) in [5.41, 5.74) is 11.2. The van der Waals surface area contributed by atoms with Crippen molar-refractivity contribution in [2.75, 3.05) is 14.2 Å². The van der Waals surface area contributed by atoms with Crippen LogP contribution < -0.4 is 18.9 Å². The van der Waals surface area contributed by atoms with E-state index in [0.717, 1.165) is 144 Å². The highest BCUT2D eigenvalue weighted by Gasteiger charge is 2.53. The molecule has 0 N–H and O–H groups in total. The summed E-state index contributed by atoms with van der Waals surface area (Å²) in [4.78, 5) is 37.7. The van der Waals surface area contributed by atoms with Crippen LogP contribution in [0, 0.1) is 73.0 Å². The van der Waals surface area contributed by atoms with Gasteiger partial charge in [0.25, 0.3) is 0 Å². The maximum absolute atomic E-state index is 14.1. The van der Waals surface area contributed by atoms with Gasteiger partial charge in [-0.25, -0.2) is 0 Å². The van der Waals surface area contributed by atoms with E-state index in [1.807, 2.05) is 48.5 Å². The van der Waals surface area contributed by atoms with E-state index in [2.05, 4.69) is 137 Å². The standard InChI is InChI=1S/C84H48N4O6S8/c1-41-15-23-47(24-16-41)83(48-25-17-42(2)18-26-48)67-75-63(35-61(97-75)73-59(91-5)33-51(95-73)31-57-65(45(37-85)38-86)53-11-7-9-13-55(53)69(57)89)99-77(67)79-71(93-83)81-82(101-79)72-80(102-81)78-68(84(94-72,49-27-19-43(3)20-28-49)50-29-21-44(4)22-30-50)76-64(100-78)36-62(98-76)74-60(92-6)34-52(96-74)32-58-66(46(39-87)40-88)54-12-8-10-14-56(54)70(58)90/h7-36H,1-6H3/b57-31-,58-32-. The molecule has 2 aliphatic carbocycles. The maximum atomic E-state index is 14.1. The number of aryl methyl sites for hydroxylation is 4. The zero-order valence-electron chi connectivity index (χ0n) is 54.8. The van der Waals surface area contributed by atoms with E-state index in [1.54, 1.807) is 131 Å². The molecule has 0 saturated heterocycles. The van der Waals surface area contributed by atoms with Crippen molar-refractivity contribution >= 4 is 154 Å². The number of carbonyl (C=O) groups excluding carboxylic acids is 2. The molecule has 8 aromatic heterocycles. The van der Waals surface area contributed by atoms with Gasteiger partial charge in [-0.2, -0.15) is 21.0 Å². The van der Waals surface area contributed by atoms with Crippen molar-refractivity contribution in [3.05, 3.63) is 280 Å². The van der Waals surface area contributed by atoms with E-state index in [1.165, 1.54) is 22.7 Å². The normalized spacial score (nSPS) is 15.1. The molecule has 2 aliphatic heterocycles. The number of ether oxygens (including phenoxy) is 4. The zero-order valence-corrected chi connectivity index (χ0v) is 61.4. The van der Waals surface area contributed by atoms with Gasteiger partial charge in [-0.3, -0.25) is 9.59 Å². The Morgan fingerprint density at radius 2 is 0.725 bits per heavy atom. The van der Waals surface area contributed by atoms with Gasteiger partial charge in [0.05, 0.1) is 72.0 Å². The Kier molecular flexibility index (Phi) is 14.8. The Morgan fingerprint density at radius 3 is 1.05 bits per heavy atom. The van der Waals surface area contributed by atoms with Crippen LogP contribution in [-0.2, 0) is 11.2 Å². The molecule has 0 fully saturated rings. The van der Waals surface area contributed by atoms with Gasteiger partial charge in [-0.15, -0.1) is 90.7 Å². The van der Waals surface area contributed by atoms with Gasteiger partial charge in [0.1, 0.15) is 46.9 Å². The molecule has 0 saturated carbocycles. The fourth-order valence-electron chi connectivity index (χ4n) is 14.6. The number of nitrogens with zero attached hydrogens (tertiary/aromatic N) is 4. The van der Waals surface area contributed by atoms with E-state index in [9.17, 15) is 30.6 Å². The number of methoxy groups -OCH3 is 2. The Balaban J connectivity index is 0.832. The quantitative estimate of drug-likeness (QED) is 0.0950. The van der Waals surface area contributed by atoms with Crippen molar-refractivity contribution in [3.63, 3.8) is 0 Å². The zero-order chi connectivity index (χ0) is 69.8. The Hall–Kier alpha value is -10.8. The summed E-state index contributed by atoms with van der Waals surface area (Å²) in [6, 6.07) is 65.7. The van der Waals surface area contributed by atoms with Gasteiger partial charge in [0.2, 0.25) is 0 Å². The van der Waals surface area contributed by atoms with Gasteiger partial charge in [0, 0.05) is 86.0 Å². The number of rotatable bonds is 10. The minimum Gasteiger partial charge on any atom is -0.495 e. The number of benzene rings is 6. The summed E-state index contributed by atoms with van der Waals surface area (Å²) >= 11 is 13.3. The van der Waals surface area contributed by atoms with Crippen LogP contribution in [0.25, 0.3) is 90.5 Å². The molecule has 18 heteroatoms. The van der Waals surface area contributed by atoms with Crippen molar-refractivity contribution < 1.29 is 28.5 Å². The molecule has 18 rings (SSSR count). The number of thiophene rings is 8. The summed E-state index contributed by atoms with van der Waals surface area (Å²) < 4.78 is 35.0. The van der Waals surface area contributed by atoms with Crippen LogP contribution in [0.4, 0.5) is 0 Å². The van der Waals surface area contributed by atoms with E-state index in [-0.39, 0.29) is 22.7 Å². The lowest BCUT2D eigenvalue weighted by atomic mass is 9.78. The first-order valence-electron chi connectivity index (χ1n) is 32.3. The summed E-state index contributed by atoms with van der Waals surface area (Å²) in [5.74, 6) is 2.37.